The molecule has 4 rings (SSSR count). The van der Waals surface area contributed by atoms with E-state index >= 15 is 0 Å². The van der Waals surface area contributed by atoms with E-state index in [1.54, 1.807) is 24.7 Å². The van der Waals surface area contributed by atoms with Crippen LogP contribution in [0.5, 0.6) is 5.75 Å². The summed E-state index contributed by atoms with van der Waals surface area (Å²) in [4.78, 5) is 6.59. The molecule has 0 radical (unpaired) electrons. The molecule has 3 aromatic rings. The number of phenols is 1. The van der Waals surface area contributed by atoms with Gasteiger partial charge in [0, 0.05) is 42.5 Å². The fourth-order valence-corrected chi connectivity index (χ4v) is 3.36. The zero-order valence-electron chi connectivity index (χ0n) is 14.7. The molecule has 2 unspecified atom stereocenters. The van der Waals surface area contributed by atoms with Gasteiger partial charge in [0.25, 0.3) is 0 Å². The Bertz CT molecular complexity index is 869. The SMILES string of the molecule is CC1CN(c2ncc(-c3ccc(-c4cn[nH]c4)cc3O)nn2)CC(C)N1. The highest BCUT2D eigenvalue weighted by Crippen LogP contribution is 2.31. The first-order chi connectivity index (χ1) is 12.6. The highest BCUT2D eigenvalue weighted by atomic mass is 16.3. The molecule has 1 saturated heterocycles. The number of nitrogens with one attached hydrogen (secondary N) is 2. The van der Waals surface area contributed by atoms with Gasteiger partial charge in [-0.15, -0.1) is 10.2 Å². The fourth-order valence-electron chi connectivity index (χ4n) is 3.36. The Kier molecular flexibility index (Phi) is 4.26. The molecule has 3 N–H and O–H groups in total. The number of aromatic nitrogens is 5. The predicted molar refractivity (Wildman–Crippen MR) is 98.8 cm³/mol. The van der Waals surface area contributed by atoms with E-state index in [2.05, 4.69) is 49.4 Å². The molecule has 1 aliphatic rings. The third-order valence-electron chi connectivity index (χ3n) is 4.50. The summed E-state index contributed by atoms with van der Waals surface area (Å²) < 4.78 is 0. The van der Waals surface area contributed by atoms with Gasteiger partial charge in [-0.2, -0.15) is 5.10 Å². The molecule has 2 aromatic heterocycles. The van der Waals surface area contributed by atoms with Crippen LogP contribution in [0.15, 0.2) is 36.8 Å². The molecular weight excluding hydrogens is 330 g/mol. The average molecular weight is 351 g/mol. The minimum Gasteiger partial charge on any atom is -0.507 e. The summed E-state index contributed by atoms with van der Waals surface area (Å²) in [5.74, 6) is 0.750. The molecule has 8 nitrogen and oxygen atoms in total. The average Bonchev–Trinajstić information content (AvgIpc) is 3.16. The van der Waals surface area contributed by atoms with E-state index in [1.165, 1.54) is 0 Å². The van der Waals surface area contributed by atoms with E-state index in [1.807, 2.05) is 12.1 Å². The van der Waals surface area contributed by atoms with Gasteiger partial charge in [0.15, 0.2) is 0 Å². The molecule has 8 heteroatoms. The van der Waals surface area contributed by atoms with Crippen LogP contribution < -0.4 is 10.2 Å². The summed E-state index contributed by atoms with van der Waals surface area (Å²) in [5.41, 5.74) is 2.93. The van der Waals surface area contributed by atoms with Crippen molar-refractivity contribution < 1.29 is 5.11 Å². The van der Waals surface area contributed by atoms with Crippen molar-refractivity contribution in [1.29, 1.82) is 0 Å². The summed E-state index contributed by atoms with van der Waals surface area (Å²) in [5, 5.41) is 29.1. The molecule has 1 fully saturated rings. The van der Waals surface area contributed by atoms with E-state index in [0.29, 0.717) is 29.3 Å². The van der Waals surface area contributed by atoms with E-state index in [0.717, 1.165) is 24.2 Å². The number of phenolic OH excluding ortho intramolecular Hbond substituents is 1. The van der Waals surface area contributed by atoms with Crippen molar-refractivity contribution in [1.82, 2.24) is 30.7 Å². The van der Waals surface area contributed by atoms with Gasteiger partial charge in [-0.1, -0.05) is 6.07 Å². The number of rotatable bonds is 3. The Morgan fingerprint density at radius 2 is 1.88 bits per heavy atom. The monoisotopic (exact) mass is 351 g/mol. The Balaban J connectivity index is 1.57. The molecule has 1 aliphatic heterocycles. The fraction of sp³-hybridized carbons (Fsp3) is 0.333. The van der Waals surface area contributed by atoms with Gasteiger partial charge >= 0.3 is 0 Å². The normalized spacial score (nSPS) is 20.3. The topological polar surface area (TPSA) is 103 Å². The molecular formula is C18H21N7O. The van der Waals surface area contributed by atoms with E-state index in [4.69, 9.17) is 0 Å². The van der Waals surface area contributed by atoms with Gasteiger partial charge in [-0.3, -0.25) is 5.10 Å². The van der Waals surface area contributed by atoms with Crippen LogP contribution in [0.3, 0.4) is 0 Å². The van der Waals surface area contributed by atoms with Gasteiger partial charge in [0.05, 0.1) is 12.4 Å². The first kappa shape index (κ1) is 16.5. The summed E-state index contributed by atoms with van der Waals surface area (Å²) in [7, 11) is 0. The number of nitrogens with zero attached hydrogens (tertiary/aromatic N) is 5. The van der Waals surface area contributed by atoms with E-state index < -0.39 is 0 Å². The predicted octanol–water partition coefficient (Wildman–Crippen LogP) is 1.82. The largest absolute Gasteiger partial charge is 0.507 e. The van der Waals surface area contributed by atoms with Crippen LogP contribution in [0.25, 0.3) is 22.4 Å². The second kappa shape index (κ2) is 6.72. The molecule has 0 amide bonds. The Morgan fingerprint density at radius 3 is 2.50 bits per heavy atom. The number of anilines is 1. The Morgan fingerprint density at radius 1 is 1.08 bits per heavy atom. The second-order valence-electron chi connectivity index (χ2n) is 6.74. The van der Waals surface area contributed by atoms with Crippen molar-refractivity contribution in [2.45, 2.75) is 25.9 Å². The van der Waals surface area contributed by atoms with Crippen molar-refractivity contribution in [3.63, 3.8) is 0 Å². The smallest absolute Gasteiger partial charge is 0.245 e. The summed E-state index contributed by atoms with van der Waals surface area (Å²) in [6, 6.07) is 6.17. The summed E-state index contributed by atoms with van der Waals surface area (Å²) in [6.45, 7) is 5.97. The van der Waals surface area contributed by atoms with Crippen molar-refractivity contribution >= 4 is 5.95 Å². The molecule has 0 spiro atoms. The molecule has 134 valence electrons. The van der Waals surface area contributed by atoms with Crippen LogP contribution in [0.1, 0.15) is 13.8 Å². The lowest BCUT2D eigenvalue weighted by Gasteiger charge is -2.35. The maximum atomic E-state index is 10.4. The van der Waals surface area contributed by atoms with Gasteiger partial charge in [-0.25, -0.2) is 4.98 Å². The first-order valence-electron chi connectivity index (χ1n) is 8.63. The maximum absolute atomic E-state index is 10.4. The number of hydrogen-bond acceptors (Lipinski definition) is 7. The van der Waals surface area contributed by atoms with E-state index in [-0.39, 0.29) is 5.75 Å². The lowest BCUT2D eigenvalue weighted by Crippen LogP contribution is -2.54. The highest BCUT2D eigenvalue weighted by Gasteiger charge is 2.23. The molecule has 0 bridgehead atoms. The second-order valence-corrected chi connectivity index (χ2v) is 6.74. The lowest BCUT2D eigenvalue weighted by atomic mass is 10.0. The van der Waals surface area contributed by atoms with Gasteiger partial charge in [-0.05, 0) is 31.5 Å². The number of piperazine rings is 1. The van der Waals surface area contributed by atoms with Crippen LogP contribution in [0.2, 0.25) is 0 Å². The zero-order valence-corrected chi connectivity index (χ0v) is 14.7. The molecule has 1 aromatic carbocycles. The quantitative estimate of drug-likeness (QED) is 0.661. The number of aromatic amines is 1. The van der Waals surface area contributed by atoms with Crippen LogP contribution in [-0.2, 0) is 0 Å². The molecule has 0 aliphatic carbocycles. The van der Waals surface area contributed by atoms with Crippen LogP contribution in [0.4, 0.5) is 5.95 Å². The summed E-state index contributed by atoms with van der Waals surface area (Å²) >= 11 is 0. The van der Waals surface area contributed by atoms with E-state index in [9.17, 15) is 5.11 Å². The van der Waals surface area contributed by atoms with Crippen molar-refractivity contribution in [2.75, 3.05) is 18.0 Å². The molecule has 2 atom stereocenters. The van der Waals surface area contributed by atoms with Crippen LogP contribution in [0, 0.1) is 0 Å². The van der Waals surface area contributed by atoms with Crippen molar-refractivity contribution in [3.05, 3.63) is 36.8 Å². The highest BCUT2D eigenvalue weighted by molar-refractivity contribution is 5.73. The number of aromatic hydroxyl groups is 1. The Labute approximate surface area is 151 Å². The minimum atomic E-state index is 0.136. The van der Waals surface area contributed by atoms with Gasteiger partial charge in [0.1, 0.15) is 11.4 Å². The van der Waals surface area contributed by atoms with Crippen molar-refractivity contribution in [2.24, 2.45) is 0 Å². The van der Waals surface area contributed by atoms with Gasteiger partial charge in [0.2, 0.25) is 5.95 Å². The maximum Gasteiger partial charge on any atom is 0.245 e. The van der Waals surface area contributed by atoms with Gasteiger partial charge < -0.3 is 15.3 Å². The third-order valence-corrected chi connectivity index (χ3v) is 4.50. The van der Waals surface area contributed by atoms with Crippen LogP contribution in [-0.4, -0.2) is 55.7 Å². The lowest BCUT2D eigenvalue weighted by molar-refractivity contribution is 0.402. The Hall–Kier alpha value is -3.00. The minimum absolute atomic E-state index is 0.136. The molecule has 3 heterocycles. The molecule has 0 saturated carbocycles. The zero-order chi connectivity index (χ0) is 18.1. The standard InChI is InChI=1S/C18H21N7O/c1-11-9-25(10-12(2)22-11)18-19-8-16(23-24-18)15-4-3-13(5-17(15)26)14-6-20-21-7-14/h3-8,11-12,22,26H,9-10H2,1-2H3,(H,20,21). The molecule has 26 heavy (non-hydrogen) atoms. The summed E-state index contributed by atoms with van der Waals surface area (Å²) in [6.07, 6.45) is 5.15. The number of hydrogen-bond donors (Lipinski definition) is 3. The third kappa shape index (κ3) is 3.23. The van der Waals surface area contributed by atoms with Crippen LogP contribution >= 0.6 is 0 Å². The number of benzene rings is 1. The van der Waals surface area contributed by atoms with Crippen molar-refractivity contribution in [3.8, 4) is 28.1 Å². The first-order valence-corrected chi connectivity index (χ1v) is 8.63. The number of H-pyrrole nitrogens is 1.